The summed E-state index contributed by atoms with van der Waals surface area (Å²) in [6, 6.07) is 50.1. The fourth-order valence-electron chi connectivity index (χ4n) is 5.94. The molecular formula is C49H38Br3ClN2O4. The molecule has 0 bridgehead atoms. The maximum Gasteiger partial charge on any atom is 0.226 e. The molecule has 6 aromatic carbocycles. The van der Waals surface area contributed by atoms with Crippen LogP contribution in [0.3, 0.4) is 0 Å². The lowest BCUT2D eigenvalue weighted by molar-refractivity contribution is 0.0986. The van der Waals surface area contributed by atoms with Crippen molar-refractivity contribution in [3.63, 3.8) is 0 Å². The Morgan fingerprint density at radius 1 is 0.576 bits per heavy atom. The van der Waals surface area contributed by atoms with Gasteiger partial charge in [0.25, 0.3) is 0 Å². The average Bonchev–Trinajstić information content (AvgIpc) is 3.85. The van der Waals surface area contributed by atoms with Crippen LogP contribution in [-0.2, 0) is 6.42 Å². The van der Waals surface area contributed by atoms with Crippen molar-refractivity contribution < 1.29 is 18.4 Å². The van der Waals surface area contributed by atoms with E-state index in [9.17, 15) is 9.59 Å². The molecule has 0 radical (unpaired) electrons. The second-order valence-electron chi connectivity index (χ2n) is 13.4. The number of alkyl halides is 1. The zero-order valence-electron chi connectivity index (χ0n) is 32.3. The van der Waals surface area contributed by atoms with Crippen molar-refractivity contribution in [2.75, 3.05) is 0 Å². The standard InChI is InChI=1S/C24H18ClNO2.C16H12BrNO.C9H8Br2O/c1-16-23(26-24(28-16)19-7-3-2-4-8-19)18-13-11-17(12-14-18)15-22(27)20-9-5-6-10-21(20)25;1-11-15(12-7-9-14(17)10-8-12)18-16(19-11)13-5-3-2-4-6-13;1-6(10)9(12)7-2-4-8(11)5-3-7/h2-14H,15H2,1H3;2-10H,1H3;2-6H,1H3. The quantitative estimate of drug-likeness (QED) is 0.106. The molecule has 0 aliphatic rings. The molecule has 10 heteroatoms. The Hall–Kier alpha value is -5.19. The summed E-state index contributed by atoms with van der Waals surface area (Å²) >= 11 is 16.1. The van der Waals surface area contributed by atoms with E-state index in [0.717, 1.165) is 65.2 Å². The molecule has 0 fully saturated rings. The number of Topliss-reactive ketones (excluding diaryl/α,β-unsaturated/α-hetero) is 2. The summed E-state index contributed by atoms with van der Waals surface area (Å²) in [5.74, 6) is 2.98. The topological polar surface area (TPSA) is 86.2 Å². The lowest BCUT2D eigenvalue weighted by atomic mass is 10.0. The van der Waals surface area contributed by atoms with Crippen LogP contribution in [-0.4, -0.2) is 26.4 Å². The van der Waals surface area contributed by atoms with Gasteiger partial charge in [-0.05, 0) is 87.0 Å². The molecule has 2 aromatic heterocycles. The third-order valence-corrected chi connectivity index (χ3v) is 10.8. The zero-order valence-corrected chi connectivity index (χ0v) is 37.8. The van der Waals surface area contributed by atoms with Gasteiger partial charge in [0.05, 0.1) is 9.85 Å². The van der Waals surface area contributed by atoms with Crippen LogP contribution in [0.5, 0.6) is 0 Å². The van der Waals surface area contributed by atoms with Crippen LogP contribution in [0.15, 0.2) is 176 Å². The molecule has 59 heavy (non-hydrogen) atoms. The van der Waals surface area contributed by atoms with E-state index in [2.05, 4.69) is 57.8 Å². The molecule has 6 nitrogen and oxygen atoms in total. The molecule has 0 saturated carbocycles. The van der Waals surface area contributed by atoms with Crippen LogP contribution >= 0.6 is 59.4 Å². The Morgan fingerprint density at radius 2 is 1.00 bits per heavy atom. The van der Waals surface area contributed by atoms with Gasteiger partial charge in [-0.25, -0.2) is 9.97 Å². The lowest BCUT2D eigenvalue weighted by Gasteiger charge is -2.05. The smallest absolute Gasteiger partial charge is 0.226 e. The van der Waals surface area contributed by atoms with Crippen molar-refractivity contribution in [2.24, 2.45) is 0 Å². The fraction of sp³-hybridized carbons (Fsp3) is 0.102. The highest BCUT2D eigenvalue weighted by molar-refractivity contribution is 9.10. The molecule has 0 aliphatic heterocycles. The van der Waals surface area contributed by atoms with Crippen molar-refractivity contribution >= 4 is 71.0 Å². The summed E-state index contributed by atoms with van der Waals surface area (Å²) in [6.07, 6.45) is 0.303. The summed E-state index contributed by atoms with van der Waals surface area (Å²) < 4.78 is 13.6. The van der Waals surface area contributed by atoms with Crippen LogP contribution in [0.2, 0.25) is 5.02 Å². The molecule has 1 atom stereocenters. The van der Waals surface area contributed by atoms with E-state index in [1.165, 1.54) is 0 Å². The van der Waals surface area contributed by atoms with Crippen molar-refractivity contribution in [3.05, 3.63) is 200 Å². The van der Waals surface area contributed by atoms with Gasteiger partial charge < -0.3 is 8.83 Å². The number of halogens is 4. The molecule has 0 spiro atoms. The van der Waals surface area contributed by atoms with Gasteiger partial charge in [-0.2, -0.15) is 0 Å². The molecule has 296 valence electrons. The number of benzene rings is 6. The first-order valence-corrected chi connectivity index (χ1v) is 21.5. The average molecular weight is 994 g/mol. The number of ketones is 2. The van der Waals surface area contributed by atoms with Crippen LogP contribution < -0.4 is 0 Å². The Bertz CT molecular complexity index is 2620. The number of aromatic nitrogens is 2. The van der Waals surface area contributed by atoms with Crippen molar-refractivity contribution in [2.45, 2.75) is 32.0 Å². The van der Waals surface area contributed by atoms with Gasteiger partial charge in [-0.15, -0.1) is 0 Å². The van der Waals surface area contributed by atoms with E-state index in [1.54, 1.807) is 12.1 Å². The largest absolute Gasteiger partial charge is 0.441 e. The van der Waals surface area contributed by atoms with Crippen molar-refractivity contribution in [1.29, 1.82) is 0 Å². The Balaban J connectivity index is 0.000000163. The number of hydrogen-bond donors (Lipinski definition) is 0. The number of carbonyl (C=O) groups excluding carboxylic acids is 2. The molecule has 0 N–H and O–H groups in total. The first-order valence-electron chi connectivity index (χ1n) is 18.6. The SMILES string of the molecule is CC(Br)C(=O)c1ccc(Br)cc1.Cc1oc(-c2ccccc2)nc1-c1ccc(Br)cc1.Cc1oc(-c2ccccc2)nc1-c1ccc(CC(=O)c2ccccc2Cl)cc1. The highest BCUT2D eigenvalue weighted by atomic mass is 79.9. The monoisotopic (exact) mass is 990 g/mol. The van der Waals surface area contributed by atoms with Gasteiger partial charge in [0, 0.05) is 48.7 Å². The van der Waals surface area contributed by atoms with Crippen molar-refractivity contribution in [3.8, 4) is 45.4 Å². The Morgan fingerprint density at radius 3 is 1.46 bits per heavy atom. The summed E-state index contributed by atoms with van der Waals surface area (Å²) in [6.45, 7) is 5.67. The second kappa shape index (κ2) is 20.7. The van der Waals surface area contributed by atoms with Crippen LogP contribution in [0, 0.1) is 13.8 Å². The van der Waals surface area contributed by atoms with Crippen LogP contribution in [0.25, 0.3) is 45.4 Å². The van der Waals surface area contributed by atoms with E-state index in [0.29, 0.717) is 28.8 Å². The summed E-state index contributed by atoms with van der Waals surface area (Å²) in [5.41, 5.74) is 7.87. The lowest BCUT2D eigenvalue weighted by Crippen LogP contribution is -2.09. The highest BCUT2D eigenvalue weighted by Crippen LogP contribution is 2.31. The van der Waals surface area contributed by atoms with Gasteiger partial charge >= 0.3 is 0 Å². The first-order chi connectivity index (χ1) is 28.5. The summed E-state index contributed by atoms with van der Waals surface area (Å²) in [4.78, 5) is 33.0. The molecule has 0 aliphatic carbocycles. The summed E-state index contributed by atoms with van der Waals surface area (Å²) in [7, 11) is 0. The maximum atomic E-state index is 12.5. The van der Waals surface area contributed by atoms with Gasteiger partial charge in [-0.3, -0.25) is 9.59 Å². The third-order valence-electron chi connectivity index (χ3n) is 9.01. The highest BCUT2D eigenvalue weighted by Gasteiger charge is 2.16. The minimum absolute atomic E-state index is 0.00216. The number of rotatable bonds is 9. The predicted octanol–water partition coefficient (Wildman–Crippen LogP) is 14.9. The summed E-state index contributed by atoms with van der Waals surface area (Å²) in [5, 5.41) is 0.482. The van der Waals surface area contributed by atoms with Crippen LogP contribution in [0.1, 0.15) is 44.7 Å². The molecule has 0 saturated heterocycles. The predicted molar refractivity (Wildman–Crippen MR) is 248 cm³/mol. The Kier molecular flexibility index (Phi) is 15.2. The number of hydrogen-bond acceptors (Lipinski definition) is 6. The Labute approximate surface area is 374 Å². The van der Waals surface area contributed by atoms with E-state index in [1.807, 2.05) is 166 Å². The van der Waals surface area contributed by atoms with E-state index >= 15 is 0 Å². The first kappa shape index (κ1) is 43.4. The maximum absolute atomic E-state index is 12.5. The van der Waals surface area contributed by atoms with E-state index in [-0.39, 0.29) is 16.4 Å². The number of carbonyl (C=O) groups is 2. The number of oxazole rings is 2. The van der Waals surface area contributed by atoms with Crippen LogP contribution in [0.4, 0.5) is 0 Å². The number of nitrogens with zero attached hydrogens (tertiary/aromatic N) is 2. The van der Waals surface area contributed by atoms with E-state index in [4.69, 9.17) is 20.4 Å². The molecule has 2 heterocycles. The minimum atomic E-state index is -0.112. The van der Waals surface area contributed by atoms with Gasteiger partial charge in [0.1, 0.15) is 22.9 Å². The zero-order chi connectivity index (χ0) is 41.9. The van der Waals surface area contributed by atoms with Gasteiger partial charge in [0.15, 0.2) is 11.6 Å². The minimum Gasteiger partial charge on any atom is -0.441 e. The molecular weight excluding hydrogens is 956 g/mol. The molecule has 8 aromatic rings. The molecule has 1 unspecified atom stereocenters. The fourth-order valence-corrected chi connectivity index (χ4v) is 6.97. The van der Waals surface area contributed by atoms with Gasteiger partial charge in [-0.1, -0.05) is 156 Å². The van der Waals surface area contributed by atoms with Crippen molar-refractivity contribution in [1.82, 2.24) is 9.97 Å². The number of aryl methyl sites for hydroxylation is 2. The van der Waals surface area contributed by atoms with Gasteiger partial charge in [0.2, 0.25) is 11.8 Å². The normalized spacial score (nSPS) is 11.1. The van der Waals surface area contributed by atoms with E-state index < -0.39 is 0 Å². The molecule has 8 rings (SSSR count). The molecule has 0 amide bonds. The third kappa shape index (κ3) is 11.7. The second-order valence-corrected chi connectivity index (χ2v) is 17.0.